The minimum absolute atomic E-state index is 0.0587. The Bertz CT molecular complexity index is 143. The molecule has 0 aromatic heterocycles. The van der Waals surface area contributed by atoms with Gasteiger partial charge in [-0.05, 0) is 6.42 Å². The van der Waals surface area contributed by atoms with E-state index in [2.05, 4.69) is 0 Å². The molecule has 0 saturated heterocycles. The quantitative estimate of drug-likeness (QED) is 0.403. The summed E-state index contributed by atoms with van der Waals surface area (Å²) in [5, 5.41) is 36.6. The van der Waals surface area contributed by atoms with Gasteiger partial charge in [-0.3, -0.25) is 0 Å². The van der Waals surface area contributed by atoms with Crippen molar-refractivity contribution in [2.45, 2.75) is 43.7 Å². The molecule has 1 aliphatic rings. The van der Waals surface area contributed by atoms with E-state index >= 15 is 0 Å². The van der Waals surface area contributed by atoms with Gasteiger partial charge in [0.05, 0.1) is 12.2 Å². The fraction of sp³-hybridized carbons (Fsp3) is 1.00. The van der Waals surface area contributed by atoms with Gasteiger partial charge in [0.1, 0.15) is 11.7 Å². The third-order valence-electron chi connectivity index (χ3n) is 2.38. The van der Waals surface area contributed by atoms with Crippen molar-refractivity contribution in [2.75, 3.05) is 0 Å². The van der Waals surface area contributed by atoms with E-state index in [0.29, 0.717) is 6.42 Å². The molecule has 4 heteroatoms. The van der Waals surface area contributed by atoms with Crippen LogP contribution in [0, 0.1) is 0 Å². The minimum Gasteiger partial charge on any atom is -0.390 e. The Balaban J connectivity index is 2.56. The molecule has 4 unspecified atom stereocenters. The highest BCUT2D eigenvalue weighted by Crippen LogP contribution is 2.36. The smallest absolute Gasteiger partial charge is 0.121 e. The van der Waals surface area contributed by atoms with Gasteiger partial charge in [0, 0.05) is 6.42 Å². The molecule has 0 bridgehead atoms. The topological polar surface area (TPSA) is 80.9 Å². The fourth-order valence-electron chi connectivity index (χ4n) is 1.43. The van der Waals surface area contributed by atoms with E-state index in [1.807, 2.05) is 0 Å². The number of hydrogen-bond acceptors (Lipinski definition) is 4. The molecule has 1 fully saturated rings. The molecule has 0 amide bonds. The molecule has 11 heavy (non-hydrogen) atoms. The molecule has 4 nitrogen and oxygen atoms in total. The standard InChI is InChI=1S/C7H14O4/c1-2-5(9)7(11)3-4(8)6(7)10/h4-6,8-11H,2-3H2,1H3. The van der Waals surface area contributed by atoms with Crippen molar-refractivity contribution in [3.8, 4) is 0 Å². The molecule has 0 spiro atoms. The van der Waals surface area contributed by atoms with E-state index in [1.165, 1.54) is 0 Å². The zero-order valence-corrected chi connectivity index (χ0v) is 6.44. The van der Waals surface area contributed by atoms with Gasteiger partial charge in [-0.2, -0.15) is 0 Å². The number of rotatable bonds is 2. The molecule has 1 saturated carbocycles. The lowest BCUT2D eigenvalue weighted by molar-refractivity contribution is -0.252. The lowest BCUT2D eigenvalue weighted by Crippen LogP contribution is -2.67. The van der Waals surface area contributed by atoms with Gasteiger partial charge < -0.3 is 20.4 Å². The summed E-state index contributed by atoms with van der Waals surface area (Å²) in [7, 11) is 0. The summed E-state index contributed by atoms with van der Waals surface area (Å²) >= 11 is 0. The molecule has 0 aromatic carbocycles. The summed E-state index contributed by atoms with van der Waals surface area (Å²) in [5.74, 6) is 0. The first-order chi connectivity index (χ1) is 5.02. The van der Waals surface area contributed by atoms with Crippen LogP contribution in [-0.4, -0.2) is 44.3 Å². The molecule has 0 aromatic rings. The predicted molar refractivity (Wildman–Crippen MR) is 37.9 cm³/mol. The summed E-state index contributed by atoms with van der Waals surface area (Å²) < 4.78 is 0. The zero-order valence-electron chi connectivity index (χ0n) is 6.44. The summed E-state index contributed by atoms with van der Waals surface area (Å²) in [4.78, 5) is 0. The lowest BCUT2D eigenvalue weighted by Gasteiger charge is -2.48. The maximum atomic E-state index is 9.46. The summed E-state index contributed by atoms with van der Waals surface area (Å²) in [6.45, 7) is 1.71. The van der Waals surface area contributed by atoms with E-state index in [9.17, 15) is 10.2 Å². The van der Waals surface area contributed by atoms with Crippen molar-refractivity contribution in [2.24, 2.45) is 0 Å². The second-order valence-corrected chi connectivity index (χ2v) is 3.13. The Morgan fingerprint density at radius 3 is 2.36 bits per heavy atom. The van der Waals surface area contributed by atoms with Gasteiger partial charge in [0.15, 0.2) is 0 Å². The van der Waals surface area contributed by atoms with Gasteiger partial charge in [-0.15, -0.1) is 0 Å². The molecule has 4 atom stereocenters. The van der Waals surface area contributed by atoms with Crippen molar-refractivity contribution < 1.29 is 20.4 Å². The van der Waals surface area contributed by atoms with Crippen LogP contribution in [0.2, 0.25) is 0 Å². The first-order valence-corrected chi connectivity index (χ1v) is 3.79. The Kier molecular flexibility index (Phi) is 2.20. The second kappa shape index (κ2) is 2.71. The normalized spacial score (nSPS) is 46.6. The van der Waals surface area contributed by atoms with Crippen LogP contribution in [0.1, 0.15) is 19.8 Å². The minimum atomic E-state index is -1.48. The largest absolute Gasteiger partial charge is 0.390 e. The molecule has 0 radical (unpaired) electrons. The van der Waals surface area contributed by atoms with Crippen LogP contribution in [0.3, 0.4) is 0 Å². The van der Waals surface area contributed by atoms with Crippen LogP contribution in [0.4, 0.5) is 0 Å². The Morgan fingerprint density at radius 2 is 2.09 bits per heavy atom. The monoisotopic (exact) mass is 162 g/mol. The van der Waals surface area contributed by atoms with Gasteiger partial charge in [0.2, 0.25) is 0 Å². The third-order valence-corrected chi connectivity index (χ3v) is 2.38. The van der Waals surface area contributed by atoms with Crippen LogP contribution in [-0.2, 0) is 0 Å². The Labute approximate surface area is 65.1 Å². The summed E-state index contributed by atoms with van der Waals surface area (Å²) in [6.07, 6.45) is -2.59. The van der Waals surface area contributed by atoms with E-state index in [-0.39, 0.29) is 6.42 Å². The number of aliphatic hydroxyl groups is 4. The Morgan fingerprint density at radius 1 is 1.55 bits per heavy atom. The third kappa shape index (κ3) is 1.16. The van der Waals surface area contributed by atoms with Crippen molar-refractivity contribution in [3.05, 3.63) is 0 Å². The van der Waals surface area contributed by atoms with Crippen LogP contribution in [0.5, 0.6) is 0 Å². The lowest BCUT2D eigenvalue weighted by atomic mass is 9.70. The van der Waals surface area contributed by atoms with E-state index in [1.54, 1.807) is 6.92 Å². The van der Waals surface area contributed by atoms with Crippen molar-refractivity contribution in [1.82, 2.24) is 0 Å². The maximum absolute atomic E-state index is 9.46. The fourth-order valence-corrected chi connectivity index (χ4v) is 1.43. The van der Waals surface area contributed by atoms with Crippen molar-refractivity contribution >= 4 is 0 Å². The summed E-state index contributed by atoms with van der Waals surface area (Å²) in [6, 6.07) is 0. The molecule has 0 aliphatic heterocycles. The molecular weight excluding hydrogens is 148 g/mol. The molecular formula is C7H14O4. The molecule has 1 rings (SSSR count). The van der Waals surface area contributed by atoms with Crippen molar-refractivity contribution in [1.29, 1.82) is 0 Å². The first-order valence-electron chi connectivity index (χ1n) is 3.79. The van der Waals surface area contributed by atoms with Crippen LogP contribution >= 0.6 is 0 Å². The average molecular weight is 162 g/mol. The number of aliphatic hydroxyl groups excluding tert-OH is 3. The van der Waals surface area contributed by atoms with Gasteiger partial charge in [0.25, 0.3) is 0 Å². The molecule has 0 heterocycles. The SMILES string of the molecule is CCC(O)C1(O)CC(O)C1O. The van der Waals surface area contributed by atoms with Crippen LogP contribution < -0.4 is 0 Å². The highest BCUT2D eigenvalue weighted by atomic mass is 16.4. The highest BCUT2D eigenvalue weighted by Gasteiger charge is 2.55. The second-order valence-electron chi connectivity index (χ2n) is 3.13. The van der Waals surface area contributed by atoms with E-state index in [4.69, 9.17) is 10.2 Å². The van der Waals surface area contributed by atoms with Crippen LogP contribution in [0.25, 0.3) is 0 Å². The predicted octanol–water partition coefficient (Wildman–Crippen LogP) is -1.39. The van der Waals surface area contributed by atoms with Gasteiger partial charge >= 0.3 is 0 Å². The van der Waals surface area contributed by atoms with Crippen LogP contribution in [0.15, 0.2) is 0 Å². The van der Waals surface area contributed by atoms with Crippen molar-refractivity contribution in [3.63, 3.8) is 0 Å². The first kappa shape index (κ1) is 8.93. The van der Waals surface area contributed by atoms with E-state index in [0.717, 1.165) is 0 Å². The number of hydrogen-bond donors (Lipinski definition) is 4. The van der Waals surface area contributed by atoms with E-state index < -0.39 is 23.9 Å². The molecule has 66 valence electrons. The van der Waals surface area contributed by atoms with Gasteiger partial charge in [-0.25, -0.2) is 0 Å². The maximum Gasteiger partial charge on any atom is 0.121 e. The van der Waals surface area contributed by atoms with Gasteiger partial charge in [-0.1, -0.05) is 6.92 Å². The highest BCUT2D eigenvalue weighted by molar-refractivity contribution is 5.07. The Hall–Kier alpha value is -0.160. The molecule has 4 N–H and O–H groups in total. The summed E-state index contributed by atoms with van der Waals surface area (Å²) in [5.41, 5.74) is -1.48. The zero-order chi connectivity index (χ0) is 8.65. The molecule has 1 aliphatic carbocycles. The average Bonchev–Trinajstić information content (AvgIpc) is 2.02.